The normalized spacial score (nSPS) is 11.0. The van der Waals surface area contributed by atoms with Crippen LogP contribution in [0.15, 0.2) is 40.2 Å². The maximum Gasteiger partial charge on any atom is 0.123 e. The molecule has 5 heteroatoms. The molecule has 0 bridgehead atoms. The summed E-state index contributed by atoms with van der Waals surface area (Å²) in [4.78, 5) is 3.69. The van der Waals surface area contributed by atoms with Crippen molar-refractivity contribution >= 4 is 27.3 Å². The van der Waals surface area contributed by atoms with E-state index in [1.165, 1.54) is 4.88 Å². The quantitative estimate of drug-likeness (QED) is 0.718. The number of nitrogens with zero attached hydrogens (tertiary/aromatic N) is 1. The van der Waals surface area contributed by atoms with Crippen molar-refractivity contribution in [1.82, 2.24) is 4.90 Å². The fourth-order valence-corrected chi connectivity index (χ4v) is 3.64. The monoisotopic (exact) mass is 368 g/mol. The van der Waals surface area contributed by atoms with Crippen molar-refractivity contribution in [2.24, 2.45) is 5.73 Å². The van der Waals surface area contributed by atoms with E-state index in [2.05, 4.69) is 39.3 Å². The molecular weight excluding hydrogens is 348 g/mol. The van der Waals surface area contributed by atoms with Gasteiger partial charge < -0.3 is 15.4 Å². The zero-order valence-electron chi connectivity index (χ0n) is 12.2. The first-order valence-corrected chi connectivity index (χ1v) is 8.68. The van der Waals surface area contributed by atoms with E-state index < -0.39 is 0 Å². The highest BCUT2D eigenvalue weighted by Gasteiger charge is 2.04. The van der Waals surface area contributed by atoms with Gasteiger partial charge in [0.25, 0.3) is 0 Å². The predicted molar refractivity (Wildman–Crippen MR) is 92.8 cm³/mol. The Morgan fingerprint density at radius 3 is 2.86 bits per heavy atom. The smallest absolute Gasteiger partial charge is 0.123 e. The minimum Gasteiger partial charge on any atom is -0.493 e. The first-order valence-electron chi connectivity index (χ1n) is 7.01. The largest absolute Gasteiger partial charge is 0.493 e. The number of benzene rings is 1. The van der Waals surface area contributed by atoms with Crippen molar-refractivity contribution in [3.63, 3.8) is 0 Å². The van der Waals surface area contributed by atoms with Gasteiger partial charge in [-0.1, -0.05) is 18.2 Å². The lowest BCUT2D eigenvalue weighted by Gasteiger charge is -2.16. The molecule has 2 rings (SSSR count). The zero-order valence-corrected chi connectivity index (χ0v) is 14.6. The fourth-order valence-electron chi connectivity index (χ4n) is 2.11. The van der Waals surface area contributed by atoms with Crippen LogP contribution in [0.25, 0.3) is 0 Å². The number of rotatable bonds is 8. The minimum absolute atomic E-state index is 0.517. The van der Waals surface area contributed by atoms with E-state index >= 15 is 0 Å². The number of nitrogens with two attached hydrogens (primary N) is 1. The molecule has 0 aliphatic rings. The molecule has 0 spiro atoms. The molecule has 0 unspecified atom stereocenters. The zero-order chi connectivity index (χ0) is 15.1. The molecule has 0 aliphatic carbocycles. The Morgan fingerprint density at radius 1 is 1.33 bits per heavy atom. The number of hydrogen-bond acceptors (Lipinski definition) is 4. The van der Waals surface area contributed by atoms with E-state index in [0.717, 1.165) is 41.9 Å². The Balaban J connectivity index is 1.69. The molecule has 3 nitrogen and oxygen atoms in total. The molecule has 0 atom stereocenters. The number of hydrogen-bond donors (Lipinski definition) is 1. The van der Waals surface area contributed by atoms with Crippen molar-refractivity contribution in [2.75, 3.05) is 20.2 Å². The molecule has 21 heavy (non-hydrogen) atoms. The Bertz CT molecular complexity index is 559. The van der Waals surface area contributed by atoms with E-state index in [1.54, 1.807) is 11.3 Å². The first-order chi connectivity index (χ1) is 10.2. The van der Waals surface area contributed by atoms with Crippen molar-refractivity contribution in [3.05, 3.63) is 50.6 Å². The van der Waals surface area contributed by atoms with Gasteiger partial charge in [0.1, 0.15) is 5.75 Å². The molecule has 2 aromatic rings. The molecule has 1 aromatic heterocycles. The predicted octanol–water partition coefficient (Wildman–Crippen LogP) is 3.87. The Labute approximate surface area is 138 Å². The highest BCUT2D eigenvalue weighted by molar-refractivity contribution is 9.10. The van der Waals surface area contributed by atoms with Crippen LogP contribution in [-0.4, -0.2) is 25.1 Å². The molecule has 0 saturated heterocycles. The van der Waals surface area contributed by atoms with Crippen LogP contribution < -0.4 is 10.5 Å². The summed E-state index contributed by atoms with van der Waals surface area (Å²) in [6, 6.07) is 10.1. The van der Waals surface area contributed by atoms with E-state index in [1.807, 2.05) is 24.3 Å². The van der Waals surface area contributed by atoms with Crippen molar-refractivity contribution in [3.8, 4) is 5.75 Å². The van der Waals surface area contributed by atoms with Crippen molar-refractivity contribution in [1.29, 1.82) is 0 Å². The number of halogens is 1. The van der Waals surface area contributed by atoms with E-state index in [-0.39, 0.29) is 0 Å². The number of ether oxygens (including phenoxy) is 1. The standard InChI is InChI=1S/C16H21BrN2OS/c1-19(11-15-9-14(17)12-21-15)7-4-8-20-16-6-3-2-5-13(16)10-18/h2-3,5-6,9,12H,4,7-8,10-11,18H2,1H3. The van der Waals surface area contributed by atoms with Crippen LogP contribution in [0, 0.1) is 0 Å². The summed E-state index contributed by atoms with van der Waals surface area (Å²) in [7, 11) is 2.14. The molecule has 0 saturated carbocycles. The maximum atomic E-state index is 5.82. The highest BCUT2D eigenvalue weighted by Crippen LogP contribution is 2.21. The molecule has 0 radical (unpaired) electrons. The Morgan fingerprint density at radius 2 is 2.14 bits per heavy atom. The second kappa shape index (κ2) is 8.54. The summed E-state index contributed by atoms with van der Waals surface area (Å²) in [5.41, 5.74) is 6.76. The van der Waals surface area contributed by atoms with Crippen molar-refractivity contribution in [2.45, 2.75) is 19.5 Å². The van der Waals surface area contributed by atoms with Gasteiger partial charge in [-0.05, 0) is 41.5 Å². The molecule has 0 amide bonds. The van der Waals surface area contributed by atoms with Crippen LogP contribution in [0.4, 0.5) is 0 Å². The lowest BCUT2D eigenvalue weighted by molar-refractivity contribution is 0.258. The van der Waals surface area contributed by atoms with Gasteiger partial charge in [-0.3, -0.25) is 0 Å². The van der Waals surface area contributed by atoms with Gasteiger partial charge in [0.2, 0.25) is 0 Å². The Kier molecular flexibility index (Phi) is 6.70. The fraction of sp³-hybridized carbons (Fsp3) is 0.375. The van der Waals surface area contributed by atoms with Gasteiger partial charge in [-0.2, -0.15) is 0 Å². The van der Waals surface area contributed by atoms with Crippen LogP contribution in [0.5, 0.6) is 5.75 Å². The van der Waals surface area contributed by atoms with Crippen LogP contribution in [-0.2, 0) is 13.1 Å². The topological polar surface area (TPSA) is 38.5 Å². The summed E-state index contributed by atoms with van der Waals surface area (Å²) in [6.07, 6.45) is 1.00. The van der Waals surface area contributed by atoms with Crippen LogP contribution in [0.2, 0.25) is 0 Å². The lowest BCUT2D eigenvalue weighted by atomic mass is 10.2. The molecule has 1 aromatic carbocycles. The third kappa shape index (κ3) is 5.43. The van der Waals surface area contributed by atoms with E-state index in [4.69, 9.17) is 10.5 Å². The van der Waals surface area contributed by atoms with Gasteiger partial charge >= 0.3 is 0 Å². The van der Waals surface area contributed by atoms with Crippen LogP contribution in [0.3, 0.4) is 0 Å². The lowest BCUT2D eigenvalue weighted by Crippen LogP contribution is -2.20. The highest BCUT2D eigenvalue weighted by atomic mass is 79.9. The van der Waals surface area contributed by atoms with Gasteiger partial charge in [-0.25, -0.2) is 0 Å². The maximum absolute atomic E-state index is 5.82. The minimum atomic E-state index is 0.517. The number of thiophene rings is 1. The second-order valence-corrected chi connectivity index (χ2v) is 6.89. The molecule has 114 valence electrons. The summed E-state index contributed by atoms with van der Waals surface area (Å²) in [5.74, 6) is 0.907. The summed E-state index contributed by atoms with van der Waals surface area (Å²) < 4.78 is 6.99. The van der Waals surface area contributed by atoms with Gasteiger partial charge in [0.15, 0.2) is 0 Å². The van der Waals surface area contributed by atoms with E-state index in [9.17, 15) is 0 Å². The van der Waals surface area contributed by atoms with Crippen LogP contribution in [0.1, 0.15) is 16.9 Å². The molecule has 1 heterocycles. The molecule has 0 fully saturated rings. The van der Waals surface area contributed by atoms with E-state index in [0.29, 0.717) is 6.54 Å². The second-order valence-electron chi connectivity index (χ2n) is 4.98. The van der Waals surface area contributed by atoms with Crippen LogP contribution >= 0.6 is 27.3 Å². The Hall–Kier alpha value is -0.880. The SMILES string of the molecule is CN(CCCOc1ccccc1CN)Cc1cc(Br)cs1. The summed E-state index contributed by atoms with van der Waals surface area (Å²) in [5, 5.41) is 2.12. The number of para-hydroxylation sites is 1. The van der Waals surface area contributed by atoms with Gasteiger partial charge in [0.05, 0.1) is 6.61 Å². The summed E-state index contributed by atoms with van der Waals surface area (Å²) >= 11 is 5.27. The third-order valence-electron chi connectivity index (χ3n) is 3.18. The third-order valence-corrected chi connectivity index (χ3v) is 4.86. The molecule has 2 N–H and O–H groups in total. The van der Waals surface area contributed by atoms with Gasteiger partial charge in [0, 0.05) is 39.9 Å². The first kappa shape index (κ1) is 16.5. The molecule has 0 aliphatic heterocycles. The van der Waals surface area contributed by atoms with Gasteiger partial charge in [-0.15, -0.1) is 11.3 Å². The average Bonchev–Trinajstić information content (AvgIpc) is 2.89. The summed E-state index contributed by atoms with van der Waals surface area (Å²) in [6.45, 7) is 3.23. The van der Waals surface area contributed by atoms with Crippen molar-refractivity contribution < 1.29 is 4.74 Å². The average molecular weight is 369 g/mol. The molecular formula is C16H21BrN2OS.